The molecule has 0 saturated carbocycles. The van der Waals surface area contributed by atoms with E-state index in [1.807, 2.05) is 31.4 Å². The van der Waals surface area contributed by atoms with Gasteiger partial charge in [0.1, 0.15) is 11.4 Å². The van der Waals surface area contributed by atoms with Crippen LogP contribution in [0.5, 0.6) is 5.75 Å². The summed E-state index contributed by atoms with van der Waals surface area (Å²) in [5.74, 6) is -0.197. The number of esters is 1. The summed E-state index contributed by atoms with van der Waals surface area (Å²) in [5, 5.41) is 0. The Balaban J connectivity index is 2.92. The fourth-order valence-corrected chi connectivity index (χ4v) is 2.24. The zero-order valence-corrected chi connectivity index (χ0v) is 15.3. The van der Waals surface area contributed by atoms with Gasteiger partial charge in [-0.2, -0.15) is 11.8 Å². The molecule has 0 bridgehead atoms. The molecule has 0 aliphatic rings. The van der Waals surface area contributed by atoms with Gasteiger partial charge < -0.3 is 9.47 Å². The van der Waals surface area contributed by atoms with Crippen molar-refractivity contribution in [1.82, 2.24) is 0 Å². The van der Waals surface area contributed by atoms with Crippen LogP contribution in [-0.4, -0.2) is 43.2 Å². The SMILES string of the molecule is CCCC(=O)C(C=Nc1ccccc1OCCSC)C(=O)OCC. The second-order valence-corrected chi connectivity index (χ2v) is 6.02. The van der Waals surface area contributed by atoms with Crippen molar-refractivity contribution in [3.8, 4) is 5.75 Å². The van der Waals surface area contributed by atoms with Crippen LogP contribution in [0.25, 0.3) is 0 Å². The first-order valence-electron chi connectivity index (χ1n) is 8.08. The highest BCUT2D eigenvalue weighted by atomic mass is 32.2. The minimum Gasteiger partial charge on any atom is -0.490 e. The normalized spacial score (nSPS) is 12.1. The monoisotopic (exact) mass is 351 g/mol. The van der Waals surface area contributed by atoms with Crippen molar-refractivity contribution < 1.29 is 19.1 Å². The first kappa shape index (κ1) is 20.2. The maximum atomic E-state index is 12.2. The number of nitrogens with zero attached hydrogens (tertiary/aromatic N) is 1. The smallest absolute Gasteiger partial charge is 0.321 e. The molecule has 0 N–H and O–H groups in total. The summed E-state index contributed by atoms with van der Waals surface area (Å²) in [6.07, 6.45) is 4.38. The molecule has 1 unspecified atom stereocenters. The quantitative estimate of drug-likeness (QED) is 0.263. The highest BCUT2D eigenvalue weighted by Crippen LogP contribution is 2.27. The third kappa shape index (κ3) is 6.74. The Bertz CT molecular complexity index is 542. The van der Waals surface area contributed by atoms with E-state index in [1.54, 1.807) is 24.8 Å². The largest absolute Gasteiger partial charge is 0.490 e. The highest BCUT2D eigenvalue weighted by molar-refractivity contribution is 7.98. The Hall–Kier alpha value is -1.82. The van der Waals surface area contributed by atoms with Crippen molar-refractivity contribution in [2.45, 2.75) is 26.7 Å². The van der Waals surface area contributed by atoms with Gasteiger partial charge in [-0.15, -0.1) is 0 Å². The van der Waals surface area contributed by atoms with E-state index in [-0.39, 0.29) is 12.4 Å². The van der Waals surface area contributed by atoms with Crippen molar-refractivity contribution in [3.05, 3.63) is 24.3 Å². The number of Topliss-reactive ketones (excluding diaryl/α,β-unsaturated/α-hetero) is 1. The number of carbonyl (C=O) groups excluding carboxylic acids is 2. The Morgan fingerprint density at radius 2 is 2.04 bits per heavy atom. The van der Waals surface area contributed by atoms with Crippen LogP contribution in [0.2, 0.25) is 0 Å². The van der Waals surface area contributed by atoms with E-state index in [4.69, 9.17) is 9.47 Å². The molecule has 0 aromatic heterocycles. The molecule has 0 radical (unpaired) electrons. The second-order valence-electron chi connectivity index (χ2n) is 5.03. The predicted molar refractivity (Wildman–Crippen MR) is 98.5 cm³/mol. The predicted octanol–water partition coefficient (Wildman–Crippen LogP) is 3.68. The number of hydrogen-bond donors (Lipinski definition) is 0. The van der Waals surface area contributed by atoms with Crippen molar-refractivity contribution >= 4 is 35.4 Å². The summed E-state index contributed by atoms with van der Waals surface area (Å²) in [6.45, 7) is 4.41. The van der Waals surface area contributed by atoms with Crippen molar-refractivity contribution in [2.75, 3.05) is 25.2 Å². The molecular formula is C18H25NO4S. The number of thioether (sulfide) groups is 1. The van der Waals surface area contributed by atoms with Gasteiger partial charge in [0.25, 0.3) is 0 Å². The Kier molecular flexibility index (Phi) is 9.84. The molecule has 0 aliphatic heterocycles. The molecule has 0 aliphatic carbocycles. The van der Waals surface area contributed by atoms with Crippen LogP contribution in [0.4, 0.5) is 5.69 Å². The molecular weight excluding hydrogens is 326 g/mol. The third-order valence-corrected chi connectivity index (χ3v) is 3.73. The maximum Gasteiger partial charge on any atom is 0.321 e. The lowest BCUT2D eigenvalue weighted by atomic mass is 10.0. The van der Waals surface area contributed by atoms with Gasteiger partial charge in [0, 0.05) is 18.4 Å². The number of ether oxygens (including phenoxy) is 2. The summed E-state index contributed by atoms with van der Waals surface area (Å²) in [5.41, 5.74) is 0.595. The van der Waals surface area contributed by atoms with Crippen molar-refractivity contribution in [3.63, 3.8) is 0 Å². The molecule has 1 rings (SSSR count). The number of aliphatic imine (C=N–C) groups is 1. The van der Waals surface area contributed by atoms with Crippen molar-refractivity contribution in [2.24, 2.45) is 10.9 Å². The van der Waals surface area contributed by atoms with Crippen LogP contribution in [0.1, 0.15) is 26.7 Å². The lowest BCUT2D eigenvalue weighted by Crippen LogP contribution is -2.27. The minimum atomic E-state index is -0.968. The minimum absolute atomic E-state index is 0.180. The van der Waals surface area contributed by atoms with Crippen LogP contribution in [0, 0.1) is 5.92 Å². The molecule has 24 heavy (non-hydrogen) atoms. The van der Waals surface area contributed by atoms with Crippen molar-refractivity contribution in [1.29, 1.82) is 0 Å². The average Bonchev–Trinajstić information content (AvgIpc) is 2.57. The average molecular weight is 351 g/mol. The topological polar surface area (TPSA) is 65.0 Å². The number of carbonyl (C=O) groups is 2. The maximum absolute atomic E-state index is 12.2. The summed E-state index contributed by atoms with van der Waals surface area (Å²) in [4.78, 5) is 28.5. The lowest BCUT2D eigenvalue weighted by Gasteiger charge is -2.11. The van der Waals surface area contributed by atoms with E-state index in [2.05, 4.69) is 4.99 Å². The van der Waals surface area contributed by atoms with E-state index < -0.39 is 11.9 Å². The number of para-hydroxylation sites is 2. The van der Waals surface area contributed by atoms with Crippen LogP contribution in [0.15, 0.2) is 29.3 Å². The summed E-state index contributed by atoms with van der Waals surface area (Å²) >= 11 is 1.69. The second kappa shape index (κ2) is 11.7. The van der Waals surface area contributed by atoms with E-state index in [0.29, 0.717) is 30.9 Å². The molecule has 0 amide bonds. The van der Waals surface area contributed by atoms with Gasteiger partial charge in [-0.05, 0) is 31.7 Å². The van der Waals surface area contributed by atoms with Gasteiger partial charge in [-0.25, -0.2) is 0 Å². The van der Waals surface area contributed by atoms with Crippen LogP contribution >= 0.6 is 11.8 Å². The zero-order valence-electron chi connectivity index (χ0n) is 14.5. The molecule has 1 aromatic rings. The van der Waals surface area contributed by atoms with Crippen LogP contribution < -0.4 is 4.74 Å². The molecule has 0 fully saturated rings. The van der Waals surface area contributed by atoms with E-state index in [9.17, 15) is 9.59 Å². The van der Waals surface area contributed by atoms with Crippen LogP contribution in [0.3, 0.4) is 0 Å². The summed E-state index contributed by atoms with van der Waals surface area (Å²) < 4.78 is 10.7. The Morgan fingerprint density at radius 1 is 1.29 bits per heavy atom. The first-order valence-corrected chi connectivity index (χ1v) is 9.47. The molecule has 0 spiro atoms. The number of hydrogen-bond acceptors (Lipinski definition) is 6. The molecule has 1 aromatic carbocycles. The van der Waals surface area contributed by atoms with E-state index in [1.165, 1.54) is 6.21 Å². The third-order valence-electron chi connectivity index (χ3n) is 3.16. The zero-order chi connectivity index (χ0) is 17.8. The molecule has 6 heteroatoms. The van der Waals surface area contributed by atoms with Gasteiger partial charge >= 0.3 is 5.97 Å². The molecule has 0 saturated heterocycles. The highest BCUT2D eigenvalue weighted by Gasteiger charge is 2.25. The summed E-state index contributed by atoms with van der Waals surface area (Å²) in [6, 6.07) is 7.30. The Labute approximate surface area is 147 Å². The fourth-order valence-electron chi connectivity index (χ4n) is 1.99. The lowest BCUT2D eigenvalue weighted by molar-refractivity contribution is -0.148. The van der Waals surface area contributed by atoms with Gasteiger partial charge in [-0.1, -0.05) is 19.1 Å². The fraction of sp³-hybridized carbons (Fsp3) is 0.500. The summed E-state index contributed by atoms with van der Waals surface area (Å²) in [7, 11) is 0. The van der Waals surface area contributed by atoms with Gasteiger partial charge in [0.15, 0.2) is 11.7 Å². The van der Waals surface area contributed by atoms with Gasteiger partial charge in [0.05, 0.1) is 13.2 Å². The number of benzene rings is 1. The number of ketones is 1. The standard InChI is InChI=1S/C18H25NO4S/c1-4-8-16(20)14(18(21)22-5-2)13-19-15-9-6-7-10-17(15)23-11-12-24-3/h6-7,9-10,13-14H,4-5,8,11-12H2,1-3H3. The van der Waals surface area contributed by atoms with Crippen LogP contribution in [-0.2, 0) is 14.3 Å². The number of rotatable bonds is 11. The molecule has 1 atom stereocenters. The Morgan fingerprint density at radius 3 is 2.71 bits per heavy atom. The molecule has 132 valence electrons. The first-order chi connectivity index (χ1) is 11.6. The van der Waals surface area contributed by atoms with Gasteiger partial charge in [-0.3, -0.25) is 14.6 Å². The van der Waals surface area contributed by atoms with E-state index >= 15 is 0 Å². The van der Waals surface area contributed by atoms with E-state index in [0.717, 1.165) is 5.75 Å². The molecule has 0 heterocycles. The molecule has 5 nitrogen and oxygen atoms in total. The van der Waals surface area contributed by atoms with Gasteiger partial charge in [0.2, 0.25) is 0 Å².